The van der Waals surface area contributed by atoms with Crippen molar-refractivity contribution in [3.05, 3.63) is 47.7 Å². The molecule has 0 saturated carbocycles. The van der Waals surface area contributed by atoms with E-state index < -0.39 is 23.3 Å². The molecule has 12 heteroatoms. The lowest BCUT2D eigenvalue weighted by Gasteiger charge is -2.40. The van der Waals surface area contributed by atoms with Crippen molar-refractivity contribution in [2.24, 2.45) is 0 Å². The number of hydrogen-bond donors (Lipinski definition) is 1. The number of hydrogen-bond acceptors (Lipinski definition) is 8. The van der Waals surface area contributed by atoms with Crippen LogP contribution >= 0.6 is 0 Å². The second-order valence-electron chi connectivity index (χ2n) is 12.9. The van der Waals surface area contributed by atoms with Crippen LogP contribution in [0.5, 0.6) is 11.8 Å². The van der Waals surface area contributed by atoms with Crippen LogP contribution < -0.4 is 9.64 Å². The van der Waals surface area contributed by atoms with Gasteiger partial charge in [0.2, 0.25) is 5.91 Å². The summed E-state index contributed by atoms with van der Waals surface area (Å²) in [6.07, 6.45) is 3.02. The largest absolute Gasteiger partial charge is 0.508 e. The maximum Gasteiger partial charge on any atom is 0.319 e. The van der Waals surface area contributed by atoms with Crippen LogP contribution in [0.2, 0.25) is 0 Å². The molecule has 0 radical (unpaired) electrons. The van der Waals surface area contributed by atoms with Gasteiger partial charge in [0.05, 0.1) is 10.9 Å². The molecule has 1 N–H and O–H groups in total. The molecule has 0 unspecified atom stereocenters. The number of halogens is 3. The number of rotatable bonds is 6. The molecule has 0 aliphatic carbocycles. The first-order valence-electron chi connectivity index (χ1n) is 15.9. The summed E-state index contributed by atoms with van der Waals surface area (Å²) >= 11 is 0. The maximum atomic E-state index is 16.8. The van der Waals surface area contributed by atoms with Gasteiger partial charge >= 0.3 is 6.01 Å². The number of nitrogens with zero attached hydrogens (tertiary/aromatic N) is 6. The fraction of sp³-hybridized carbons (Fsp3) is 0.471. The van der Waals surface area contributed by atoms with E-state index in [1.54, 1.807) is 11.0 Å². The minimum atomic E-state index is -0.933. The Morgan fingerprint density at radius 2 is 1.98 bits per heavy atom. The Morgan fingerprint density at radius 1 is 1.15 bits per heavy atom. The molecule has 3 atom stereocenters. The van der Waals surface area contributed by atoms with Gasteiger partial charge in [-0.2, -0.15) is 9.97 Å². The van der Waals surface area contributed by atoms with Crippen LogP contribution in [0.1, 0.15) is 45.6 Å². The number of aryl methyl sites for hydroxylation is 1. The van der Waals surface area contributed by atoms with Gasteiger partial charge in [-0.15, -0.1) is 0 Å². The number of alkyl halides is 1. The summed E-state index contributed by atoms with van der Waals surface area (Å²) in [5.74, 6) is -0.893. The first kappa shape index (κ1) is 30.5. The van der Waals surface area contributed by atoms with Crippen LogP contribution in [-0.4, -0.2) is 92.8 Å². The fourth-order valence-corrected chi connectivity index (χ4v) is 7.81. The Balaban J connectivity index is 1.36. The normalized spacial score (nSPS) is 23.4. The van der Waals surface area contributed by atoms with Gasteiger partial charge in [-0.05, 0) is 67.3 Å². The number of carbonyl (C=O) groups excluding carboxylic acids is 1. The van der Waals surface area contributed by atoms with Crippen LogP contribution in [0.25, 0.3) is 32.9 Å². The van der Waals surface area contributed by atoms with Crippen LogP contribution in [0.15, 0.2) is 30.5 Å². The van der Waals surface area contributed by atoms with Crippen LogP contribution in [-0.2, 0) is 11.2 Å². The number of ether oxygens (including phenoxy) is 1. The molecule has 46 heavy (non-hydrogen) atoms. The van der Waals surface area contributed by atoms with Gasteiger partial charge in [-0.25, -0.2) is 13.2 Å². The van der Waals surface area contributed by atoms with E-state index >= 15 is 4.39 Å². The summed E-state index contributed by atoms with van der Waals surface area (Å²) < 4.78 is 52.4. The van der Waals surface area contributed by atoms with Crippen molar-refractivity contribution in [2.75, 3.05) is 44.2 Å². The molecule has 1 amide bonds. The molecule has 2 aromatic carbocycles. The van der Waals surface area contributed by atoms with E-state index in [-0.39, 0.29) is 47.1 Å². The van der Waals surface area contributed by atoms with Crippen LogP contribution in [0.4, 0.5) is 19.0 Å². The number of pyridine rings is 1. The van der Waals surface area contributed by atoms with E-state index in [1.165, 1.54) is 31.3 Å². The Hall–Kier alpha value is -4.19. The molecule has 0 bridgehead atoms. The smallest absolute Gasteiger partial charge is 0.319 e. The average Bonchev–Trinajstić information content (AvgIpc) is 3.55. The highest BCUT2D eigenvalue weighted by atomic mass is 19.1. The van der Waals surface area contributed by atoms with Gasteiger partial charge in [0.1, 0.15) is 41.4 Å². The lowest BCUT2D eigenvalue weighted by Crippen LogP contribution is -2.53. The highest BCUT2D eigenvalue weighted by Crippen LogP contribution is 2.42. The number of fused-ring (bicyclic) bond motifs is 3. The van der Waals surface area contributed by atoms with E-state index in [1.807, 2.05) is 18.7 Å². The van der Waals surface area contributed by atoms with Gasteiger partial charge in [0.15, 0.2) is 5.82 Å². The lowest BCUT2D eigenvalue weighted by molar-refractivity contribution is -0.131. The third-order valence-electron chi connectivity index (χ3n) is 9.97. The molecule has 4 aromatic rings. The number of carbonyl (C=O) groups is 1. The summed E-state index contributed by atoms with van der Waals surface area (Å²) in [5, 5.41) is 11.9. The zero-order chi connectivity index (χ0) is 32.3. The monoisotopic (exact) mass is 634 g/mol. The number of benzene rings is 2. The van der Waals surface area contributed by atoms with E-state index in [2.05, 4.69) is 14.9 Å². The molecule has 5 heterocycles. The van der Waals surface area contributed by atoms with Gasteiger partial charge < -0.3 is 19.6 Å². The minimum absolute atomic E-state index is 0.0228. The predicted octanol–water partition coefficient (Wildman–Crippen LogP) is 5.40. The molecule has 7 rings (SSSR count). The molecule has 3 aliphatic heterocycles. The number of aromatic nitrogens is 3. The number of phenolic OH excluding ortho intramolecular Hbond substituents is 1. The second-order valence-corrected chi connectivity index (χ2v) is 12.9. The fourth-order valence-electron chi connectivity index (χ4n) is 7.81. The average molecular weight is 635 g/mol. The number of phenols is 1. The summed E-state index contributed by atoms with van der Waals surface area (Å²) in [6, 6.07) is 5.64. The van der Waals surface area contributed by atoms with Crippen molar-refractivity contribution >= 4 is 33.4 Å². The number of anilines is 1. The third-order valence-corrected chi connectivity index (χ3v) is 9.97. The number of amides is 1. The van der Waals surface area contributed by atoms with Crippen molar-refractivity contribution in [1.29, 1.82) is 0 Å². The topological polar surface area (TPSA) is 94.9 Å². The van der Waals surface area contributed by atoms with Gasteiger partial charge in [0, 0.05) is 57.3 Å². The molecule has 3 aliphatic rings. The lowest BCUT2D eigenvalue weighted by atomic mass is 9.94. The maximum absolute atomic E-state index is 16.8. The van der Waals surface area contributed by atoms with Gasteiger partial charge in [-0.1, -0.05) is 13.0 Å². The van der Waals surface area contributed by atoms with Crippen molar-refractivity contribution in [3.63, 3.8) is 0 Å². The quantitative estimate of drug-likeness (QED) is 0.301. The van der Waals surface area contributed by atoms with Crippen LogP contribution in [0.3, 0.4) is 0 Å². The summed E-state index contributed by atoms with van der Waals surface area (Å²) in [7, 11) is 0. The molecule has 9 nitrogen and oxygen atoms in total. The standard InChI is InChI=1S/C34H37F3N6O3/c1-4-24-27(36)7-6-21-12-23(45)13-25(28(21)24)30-29(37)31-26(15-38-30)32(41-10-11-43(20(3)44)19(2)16-41)40-33(39-31)46-18-34-8-5-9-42(34)17-22(35)14-34/h6-7,12-13,15,19,22,45H,4-5,8-11,14,16-18H2,1-3H3/t19-,22-,34+/m1/s1. The zero-order valence-corrected chi connectivity index (χ0v) is 26.2. The van der Waals surface area contributed by atoms with E-state index in [0.29, 0.717) is 66.6 Å². The third kappa shape index (κ3) is 5.06. The van der Waals surface area contributed by atoms with Crippen molar-refractivity contribution in [2.45, 2.75) is 64.2 Å². The molecule has 242 valence electrons. The highest BCUT2D eigenvalue weighted by Gasteiger charge is 2.49. The highest BCUT2D eigenvalue weighted by molar-refractivity contribution is 6.01. The summed E-state index contributed by atoms with van der Waals surface area (Å²) in [5.41, 5.74) is 0.0609. The van der Waals surface area contributed by atoms with E-state index in [9.17, 15) is 18.7 Å². The second kappa shape index (κ2) is 11.6. The summed E-state index contributed by atoms with van der Waals surface area (Å²) in [6.45, 7) is 8.00. The minimum Gasteiger partial charge on any atom is -0.508 e. The van der Waals surface area contributed by atoms with Crippen LogP contribution in [0, 0.1) is 11.6 Å². The van der Waals surface area contributed by atoms with E-state index in [0.717, 1.165) is 19.4 Å². The SMILES string of the molecule is CCc1c(F)ccc2cc(O)cc(-c3ncc4c(N5CCN(C(C)=O)[C@H](C)C5)nc(OC[C@@]56CCCN5C[C@H](F)C6)nc4c3F)c12. The molecular formula is C34H37F3N6O3. The Labute approximate surface area is 265 Å². The molecule has 3 saturated heterocycles. The Kier molecular flexibility index (Phi) is 7.65. The first-order chi connectivity index (χ1) is 22.1. The van der Waals surface area contributed by atoms with Crippen molar-refractivity contribution in [1.82, 2.24) is 24.8 Å². The molecular weight excluding hydrogens is 597 g/mol. The Bertz CT molecular complexity index is 1860. The molecule has 0 spiro atoms. The number of aromatic hydroxyl groups is 1. The predicted molar refractivity (Wildman–Crippen MR) is 169 cm³/mol. The molecule has 3 fully saturated rings. The van der Waals surface area contributed by atoms with Gasteiger partial charge in [0.25, 0.3) is 0 Å². The summed E-state index contributed by atoms with van der Waals surface area (Å²) in [4.78, 5) is 31.9. The van der Waals surface area contributed by atoms with E-state index in [4.69, 9.17) is 9.72 Å². The first-order valence-corrected chi connectivity index (χ1v) is 15.9. The van der Waals surface area contributed by atoms with Gasteiger partial charge in [-0.3, -0.25) is 14.7 Å². The molecule has 2 aromatic heterocycles. The Morgan fingerprint density at radius 3 is 2.74 bits per heavy atom. The number of piperazine rings is 1. The van der Waals surface area contributed by atoms with Crippen molar-refractivity contribution in [3.8, 4) is 23.0 Å². The zero-order valence-electron chi connectivity index (χ0n) is 26.2. The van der Waals surface area contributed by atoms with Crippen molar-refractivity contribution < 1.29 is 27.8 Å².